The van der Waals surface area contributed by atoms with Crippen molar-refractivity contribution in [3.8, 4) is 11.5 Å². The molecule has 4 atom stereocenters. The third-order valence-electron chi connectivity index (χ3n) is 9.26. The van der Waals surface area contributed by atoms with Gasteiger partial charge >= 0.3 is 5.97 Å². The van der Waals surface area contributed by atoms with Gasteiger partial charge in [-0.05, 0) is 40.1 Å². The maximum absolute atomic E-state index is 14.3. The summed E-state index contributed by atoms with van der Waals surface area (Å²) in [5.74, 6) is -3.61. The van der Waals surface area contributed by atoms with Crippen molar-refractivity contribution in [2.24, 2.45) is 11.8 Å². The Balaban J connectivity index is 1.34. The molecule has 0 saturated carbocycles. The number of nitrogens with zero attached hydrogens (tertiary/aromatic N) is 2. The van der Waals surface area contributed by atoms with Crippen LogP contribution in [0, 0.1) is 11.8 Å². The van der Waals surface area contributed by atoms with Gasteiger partial charge in [-0.1, -0.05) is 91.0 Å². The number of pyridine rings is 1. The molecule has 2 amide bonds. The predicted molar refractivity (Wildman–Crippen MR) is 174 cm³/mol. The fraction of sp³-hybridized carbons (Fsp3) is 0.211. The molecule has 0 bridgehead atoms. The molecule has 5 aromatic rings. The highest BCUT2D eigenvalue weighted by atomic mass is 16.5. The summed E-state index contributed by atoms with van der Waals surface area (Å²) in [5, 5.41) is 16.3. The predicted octanol–water partition coefficient (Wildman–Crippen LogP) is 5.33. The van der Waals surface area contributed by atoms with E-state index in [0.29, 0.717) is 22.8 Å². The van der Waals surface area contributed by atoms with Gasteiger partial charge in [0.1, 0.15) is 12.1 Å². The van der Waals surface area contributed by atoms with Gasteiger partial charge in [0, 0.05) is 24.2 Å². The number of fused-ring (bicyclic) bond motifs is 2. The molecule has 4 aromatic carbocycles. The summed E-state index contributed by atoms with van der Waals surface area (Å²) in [5.41, 5.74) is 0.919. The van der Waals surface area contributed by atoms with Crippen molar-refractivity contribution in [1.29, 1.82) is 0 Å². The monoisotopic (exact) mass is 627 g/mol. The zero-order chi connectivity index (χ0) is 32.5. The molecule has 3 heterocycles. The number of aliphatic carboxylic acids is 1. The third kappa shape index (κ3) is 5.38. The molecule has 9 heteroatoms. The number of hydrogen-bond acceptors (Lipinski definition) is 7. The molecule has 2 aliphatic heterocycles. The molecule has 7 rings (SSSR count). The minimum Gasteiger partial charge on any atom is -0.493 e. The zero-order valence-corrected chi connectivity index (χ0v) is 25.7. The van der Waals surface area contributed by atoms with Crippen LogP contribution in [0.5, 0.6) is 11.5 Å². The van der Waals surface area contributed by atoms with Gasteiger partial charge in [-0.2, -0.15) is 0 Å². The molecule has 0 radical (unpaired) electrons. The van der Waals surface area contributed by atoms with E-state index in [1.165, 1.54) is 7.11 Å². The van der Waals surface area contributed by atoms with E-state index in [4.69, 9.17) is 9.47 Å². The highest BCUT2D eigenvalue weighted by Gasteiger charge is 2.68. The van der Waals surface area contributed by atoms with E-state index in [9.17, 15) is 19.5 Å². The van der Waals surface area contributed by atoms with Crippen molar-refractivity contribution in [1.82, 2.24) is 15.2 Å². The molecule has 2 aliphatic rings. The summed E-state index contributed by atoms with van der Waals surface area (Å²) in [6, 6.07) is 32.9. The van der Waals surface area contributed by atoms with Crippen molar-refractivity contribution < 1.29 is 29.0 Å². The van der Waals surface area contributed by atoms with Crippen molar-refractivity contribution in [2.75, 3.05) is 7.11 Å². The van der Waals surface area contributed by atoms with Crippen LogP contribution in [-0.4, -0.2) is 45.4 Å². The molecule has 2 fully saturated rings. The van der Waals surface area contributed by atoms with Gasteiger partial charge in [-0.25, -0.2) is 0 Å². The number of benzene rings is 4. The number of imide groups is 1. The van der Waals surface area contributed by atoms with Crippen molar-refractivity contribution in [3.05, 3.63) is 138 Å². The first kappa shape index (κ1) is 30.1. The molecule has 2 saturated heterocycles. The number of aromatic nitrogens is 1. The summed E-state index contributed by atoms with van der Waals surface area (Å²) >= 11 is 0. The lowest BCUT2D eigenvalue weighted by molar-refractivity contribution is -0.151. The standard InChI is InChI=1S/C38H33N3O6/c1-46-30-16-9-15-29(34(30)47-23-24-10-3-2-4-11-24)33-31-32(36(43)41(35(31)42)22-28-14-7-8-19-39-28)38(40-33,37(44)45)21-25-17-18-26-12-5-6-13-27(26)20-25/h2-20,31-33,40H,21-23H2,1H3,(H,44,45). The SMILES string of the molecule is COc1cccc(C2NC(Cc3ccc4ccccc4c3)(C(=O)O)C3C(=O)N(Cc4ccccn4)C(=O)C23)c1OCc1ccccc1. The van der Waals surface area contributed by atoms with Gasteiger partial charge in [0.25, 0.3) is 0 Å². The van der Waals surface area contributed by atoms with Crippen LogP contribution in [0.25, 0.3) is 10.8 Å². The maximum atomic E-state index is 14.3. The molecular formula is C38H33N3O6. The number of ether oxygens (including phenoxy) is 2. The van der Waals surface area contributed by atoms with E-state index in [1.54, 1.807) is 42.6 Å². The van der Waals surface area contributed by atoms with Gasteiger partial charge in [0.05, 0.1) is 31.2 Å². The maximum Gasteiger partial charge on any atom is 0.325 e. The largest absolute Gasteiger partial charge is 0.493 e. The summed E-state index contributed by atoms with van der Waals surface area (Å²) in [6.45, 7) is 0.161. The first-order valence-corrected chi connectivity index (χ1v) is 15.5. The van der Waals surface area contributed by atoms with Gasteiger partial charge in [-0.3, -0.25) is 29.6 Å². The highest BCUT2D eigenvalue weighted by Crippen LogP contribution is 2.53. The molecule has 2 N–H and O–H groups in total. The van der Waals surface area contributed by atoms with Crippen LogP contribution in [0.3, 0.4) is 0 Å². The highest BCUT2D eigenvalue weighted by molar-refractivity contribution is 6.09. The lowest BCUT2D eigenvalue weighted by atomic mass is 9.76. The fourth-order valence-electron chi connectivity index (χ4n) is 7.07. The van der Waals surface area contributed by atoms with Crippen molar-refractivity contribution in [3.63, 3.8) is 0 Å². The molecule has 236 valence electrons. The summed E-state index contributed by atoms with van der Waals surface area (Å²) in [4.78, 5) is 47.7. The van der Waals surface area contributed by atoms with Gasteiger partial charge < -0.3 is 14.6 Å². The van der Waals surface area contributed by atoms with Crippen molar-refractivity contribution >= 4 is 28.6 Å². The van der Waals surface area contributed by atoms with E-state index >= 15 is 0 Å². The number of nitrogens with one attached hydrogen (secondary N) is 1. The molecular weight excluding hydrogens is 594 g/mol. The third-order valence-corrected chi connectivity index (χ3v) is 9.26. The lowest BCUT2D eigenvalue weighted by Crippen LogP contribution is -2.57. The van der Waals surface area contributed by atoms with Crippen molar-refractivity contribution in [2.45, 2.75) is 31.2 Å². The minimum atomic E-state index is -1.80. The Labute approximate surface area is 271 Å². The van der Waals surface area contributed by atoms with Gasteiger partial charge in [0.2, 0.25) is 11.8 Å². The Morgan fingerprint density at radius 2 is 1.64 bits per heavy atom. The Morgan fingerprint density at radius 1 is 0.872 bits per heavy atom. The number of para-hydroxylation sites is 1. The van der Waals surface area contributed by atoms with E-state index in [-0.39, 0.29) is 19.6 Å². The number of hydrogen-bond donors (Lipinski definition) is 2. The Hall–Kier alpha value is -5.54. The first-order valence-electron chi connectivity index (χ1n) is 15.5. The van der Waals surface area contributed by atoms with Crippen LogP contribution < -0.4 is 14.8 Å². The number of methoxy groups -OCH3 is 1. The van der Waals surface area contributed by atoms with E-state index in [2.05, 4.69) is 10.3 Å². The topological polar surface area (TPSA) is 118 Å². The number of carbonyl (C=O) groups is 3. The van der Waals surface area contributed by atoms with E-state index < -0.39 is 41.2 Å². The molecule has 0 aliphatic carbocycles. The van der Waals surface area contributed by atoms with Crippen LogP contribution in [-0.2, 0) is 34.0 Å². The number of carbonyl (C=O) groups excluding carboxylic acids is 2. The van der Waals surface area contributed by atoms with Crippen LogP contribution in [0.15, 0.2) is 115 Å². The molecule has 9 nitrogen and oxygen atoms in total. The second-order valence-corrected chi connectivity index (χ2v) is 12.0. The summed E-state index contributed by atoms with van der Waals surface area (Å²) in [6.07, 6.45) is 1.57. The summed E-state index contributed by atoms with van der Waals surface area (Å²) in [7, 11) is 1.53. The second-order valence-electron chi connectivity index (χ2n) is 12.0. The van der Waals surface area contributed by atoms with Gasteiger partial charge in [-0.15, -0.1) is 0 Å². The molecule has 1 aromatic heterocycles. The fourth-order valence-corrected chi connectivity index (χ4v) is 7.07. The first-order chi connectivity index (χ1) is 22.9. The lowest BCUT2D eigenvalue weighted by Gasteiger charge is -2.31. The van der Waals surface area contributed by atoms with Crippen LogP contribution >= 0.6 is 0 Å². The number of likely N-dealkylation sites (tertiary alicyclic amines) is 1. The summed E-state index contributed by atoms with van der Waals surface area (Å²) < 4.78 is 12.0. The Kier molecular flexibility index (Phi) is 7.91. The van der Waals surface area contributed by atoms with Crippen LogP contribution in [0.1, 0.15) is 28.4 Å². The molecule has 4 unspecified atom stereocenters. The van der Waals surface area contributed by atoms with Crippen LogP contribution in [0.2, 0.25) is 0 Å². The minimum absolute atomic E-state index is 0.0224. The number of rotatable bonds is 10. The van der Waals surface area contributed by atoms with E-state index in [0.717, 1.165) is 26.8 Å². The molecule has 0 spiro atoms. The smallest absolute Gasteiger partial charge is 0.325 e. The normalized spacial score (nSPS) is 22.0. The average Bonchev–Trinajstić information content (AvgIpc) is 3.57. The zero-order valence-electron chi connectivity index (χ0n) is 25.7. The van der Waals surface area contributed by atoms with Crippen LogP contribution in [0.4, 0.5) is 0 Å². The van der Waals surface area contributed by atoms with E-state index in [1.807, 2.05) is 72.8 Å². The number of carboxylic acid groups (broad SMARTS) is 1. The average molecular weight is 628 g/mol. The number of carboxylic acids is 1. The number of amides is 2. The Morgan fingerprint density at radius 3 is 2.38 bits per heavy atom. The quantitative estimate of drug-likeness (QED) is 0.200. The Bertz CT molecular complexity index is 1970. The van der Waals surface area contributed by atoms with Gasteiger partial charge in [0.15, 0.2) is 11.5 Å². The molecule has 47 heavy (non-hydrogen) atoms. The second kappa shape index (κ2) is 12.3.